The highest BCUT2D eigenvalue weighted by molar-refractivity contribution is 9.11. The molecule has 0 saturated heterocycles. The van der Waals surface area contributed by atoms with E-state index in [-0.39, 0.29) is 5.91 Å². The van der Waals surface area contributed by atoms with E-state index in [1.807, 2.05) is 30.3 Å². The quantitative estimate of drug-likeness (QED) is 0.816. The fraction of sp³-hybridized carbons (Fsp3) is 0.133. The predicted octanol–water partition coefficient (Wildman–Crippen LogP) is 4.61. The van der Waals surface area contributed by atoms with Crippen molar-refractivity contribution >= 4 is 43.5 Å². The fourth-order valence-electron chi connectivity index (χ4n) is 1.71. The van der Waals surface area contributed by atoms with Crippen LogP contribution >= 0.6 is 31.9 Å². The van der Waals surface area contributed by atoms with Crippen molar-refractivity contribution < 1.29 is 9.53 Å². The molecule has 1 amide bonds. The summed E-state index contributed by atoms with van der Waals surface area (Å²) in [5, 5.41) is 2.87. The summed E-state index contributed by atoms with van der Waals surface area (Å²) in [6.45, 7) is 0.541. The first-order valence-electron chi connectivity index (χ1n) is 5.94. The van der Waals surface area contributed by atoms with Crippen LogP contribution in [0.3, 0.4) is 0 Å². The number of ether oxygens (including phenoxy) is 1. The second-order valence-corrected chi connectivity index (χ2v) is 5.98. The molecule has 0 saturated carbocycles. The van der Waals surface area contributed by atoms with E-state index in [9.17, 15) is 4.79 Å². The molecule has 0 aliphatic carbocycles. The van der Waals surface area contributed by atoms with Crippen LogP contribution in [0.1, 0.15) is 15.9 Å². The summed E-state index contributed by atoms with van der Waals surface area (Å²) in [6, 6.07) is 13.0. The third-order valence-electron chi connectivity index (χ3n) is 2.70. The van der Waals surface area contributed by atoms with Crippen molar-refractivity contribution in [3.63, 3.8) is 0 Å². The van der Waals surface area contributed by atoms with E-state index < -0.39 is 0 Å². The van der Waals surface area contributed by atoms with Gasteiger partial charge in [-0.3, -0.25) is 4.79 Å². The van der Waals surface area contributed by atoms with Crippen LogP contribution in [-0.4, -0.2) is 13.0 Å². The summed E-state index contributed by atoms with van der Waals surface area (Å²) in [5.41, 5.74) is 2.37. The molecular weight excluding hydrogens is 386 g/mol. The molecule has 0 spiro atoms. The maximum absolute atomic E-state index is 12.2. The highest BCUT2D eigenvalue weighted by atomic mass is 79.9. The van der Waals surface area contributed by atoms with Gasteiger partial charge < -0.3 is 10.1 Å². The van der Waals surface area contributed by atoms with Gasteiger partial charge in [-0.15, -0.1) is 0 Å². The Morgan fingerprint density at radius 2 is 1.85 bits per heavy atom. The van der Waals surface area contributed by atoms with Gasteiger partial charge in [-0.2, -0.15) is 0 Å². The number of anilines is 1. The molecule has 3 nitrogen and oxygen atoms in total. The van der Waals surface area contributed by atoms with Crippen molar-refractivity contribution in [2.45, 2.75) is 6.61 Å². The third-order valence-corrected chi connectivity index (χ3v) is 3.89. The number of halogens is 2. The van der Waals surface area contributed by atoms with Gasteiger partial charge in [0.25, 0.3) is 5.91 Å². The lowest BCUT2D eigenvalue weighted by Crippen LogP contribution is -2.12. The Balaban J connectivity index is 2.13. The SMILES string of the molecule is COCc1ccc(C(=O)Nc2cc(Br)ccc2Br)cc1. The van der Waals surface area contributed by atoms with Gasteiger partial charge in [-0.1, -0.05) is 28.1 Å². The molecule has 2 aromatic rings. The van der Waals surface area contributed by atoms with Crippen molar-refractivity contribution in [2.75, 3.05) is 12.4 Å². The van der Waals surface area contributed by atoms with Crippen LogP contribution < -0.4 is 5.32 Å². The molecule has 0 aliphatic rings. The van der Waals surface area contributed by atoms with Crippen molar-refractivity contribution in [3.8, 4) is 0 Å². The average molecular weight is 399 g/mol. The van der Waals surface area contributed by atoms with Gasteiger partial charge >= 0.3 is 0 Å². The molecule has 104 valence electrons. The van der Waals surface area contributed by atoms with E-state index in [0.717, 1.165) is 20.2 Å². The smallest absolute Gasteiger partial charge is 0.255 e. The number of carbonyl (C=O) groups is 1. The van der Waals surface area contributed by atoms with E-state index in [1.54, 1.807) is 19.2 Å². The Bertz CT molecular complexity index is 612. The first-order chi connectivity index (χ1) is 9.60. The monoisotopic (exact) mass is 397 g/mol. The minimum atomic E-state index is -0.146. The number of methoxy groups -OCH3 is 1. The first-order valence-corrected chi connectivity index (χ1v) is 7.53. The lowest BCUT2D eigenvalue weighted by Gasteiger charge is -2.08. The molecule has 0 heterocycles. The minimum Gasteiger partial charge on any atom is -0.380 e. The molecule has 0 unspecified atom stereocenters. The van der Waals surface area contributed by atoms with Gasteiger partial charge in [0.05, 0.1) is 12.3 Å². The van der Waals surface area contributed by atoms with Crippen molar-refractivity contribution in [2.24, 2.45) is 0 Å². The molecule has 0 bridgehead atoms. The predicted molar refractivity (Wildman–Crippen MR) is 87.0 cm³/mol. The summed E-state index contributed by atoms with van der Waals surface area (Å²) >= 11 is 6.79. The molecule has 0 aromatic heterocycles. The Labute approximate surface area is 134 Å². The fourth-order valence-corrected chi connectivity index (χ4v) is 2.41. The first kappa shape index (κ1) is 15.2. The summed E-state index contributed by atoms with van der Waals surface area (Å²) in [7, 11) is 1.64. The highest BCUT2D eigenvalue weighted by Gasteiger charge is 2.08. The van der Waals surface area contributed by atoms with Crippen LogP contribution in [0.25, 0.3) is 0 Å². The van der Waals surface area contributed by atoms with E-state index in [4.69, 9.17) is 4.74 Å². The molecule has 2 aromatic carbocycles. The van der Waals surface area contributed by atoms with Gasteiger partial charge in [-0.25, -0.2) is 0 Å². The van der Waals surface area contributed by atoms with Crippen molar-refractivity contribution in [1.82, 2.24) is 0 Å². The number of carbonyl (C=O) groups excluding carboxylic acids is 1. The van der Waals surface area contributed by atoms with Crippen molar-refractivity contribution in [1.29, 1.82) is 0 Å². The van der Waals surface area contributed by atoms with Crippen LogP contribution in [0.4, 0.5) is 5.69 Å². The zero-order chi connectivity index (χ0) is 14.5. The average Bonchev–Trinajstić information content (AvgIpc) is 2.44. The van der Waals surface area contributed by atoms with Gasteiger partial charge in [0.2, 0.25) is 0 Å². The summed E-state index contributed by atoms with van der Waals surface area (Å²) in [6.07, 6.45) is 0. The zero-order valence-corrected chi connectivity index (χ0v) is 14.0. The van der Waals surface area contributed by atoms with E-state index in [0.29, 0.717) is 12.2 Å². The van der Waals surface area contributed by atoms with Crippen LogP contribution in [0.2, 0.25) is 0 Å². The van der Waals surface area contributed by atoms with E-state index in [1.165, 1.54) is 0 Å². The number of nitrogens with one attached hydrogen (secondary N) is 1. The lowest BCUT2D eigenvalue weighted by molar-refractivity contribution is 0.102. The van der Waals surface area contributed by atoms with Gasteiger partial charge in [-0.05, 0) is 51.8 Å². The van der Waals surface area contributed by atoms with Gasteiger partial charge in [0, 0.05) is 21.6 Å². The number of hydrogen-bond donors (Lipinski definition) is 1. The Hall–Kier alpha value is -1.17. The Kier molecular flexibility index (Phi) is 5.34. The molecule has 0 radical (unpaired) electrons. The summed E-state index contributed by atoms with van der Waals surface area (Å²) < 4.78 is 6.79. The number of benzene rings is 2. The number of amides is 1. The normalized spacial score (nSPS) is 10.3. The largest absolute Gasteiger partial charge is 0.380 e. The second-order valence-electron chi connectivity index (χ2n) is 4.21. The van der Waals surface area contributed by atoms with Gasteiger partial charge in [0.15, 0.2) is 0 Å². The van der Waals surface area contributed by atoms with Crippen molar-refractivity contribution in [3.05, 3.63) is 62.5 Å². The molecule has 5 heteroatoms. The molecule has 2 rings (SSSR count). The zero-order valence-electron chi connectivity index (χ0n) is 10.8. The van der Waals surface area contributed by atoms with Gasteiger partial charge in [0.1, 0.15) is 0 Å². The van der Waals surface area contributed by atoms with Crippen LogP contribution in [0.5, 0.6) is 0 Å². The van der Waals surface area contributed by atoms with Crippen LogP contribution in [0.15, 0.2) is 51.4 Å². The summed E-state index contributed by atoms with van der Waals surface area (Å²) in [4.78, 5) is 12.2. The molecule has 1 N–H and O–H groups in total. The summed E-state index contributed by atoms with van der Waals surface area (Å²) in [5.74, 6) is -0.146. The lowest BCUT2D eigenvalue weighted by atomic mass is 10.1. The standard InChI is InChI=1S/C15H13Br2NO2/c1-20-9-10-2-4-11(5-3-10)15(19)18-14-8-12(16)6-7-13(14)17/h2-8H,9H2,1H3,(H,18,19). The third kappa shape index (κ3) is 3.91. The maximum atomic E-state index is 12.2. The number of hydrogen-bond acceptors (Lipinski definition) is 2. The topological polar surface area (TPSA) is 38.3 Å². The Morgan fingerprint density at radius 3 is 2.50 bits per heavy atom. The molecular formula is C15H13Br2NO2. The highest BCUT2D eigenvalue weighted by Crippen LogP contribution is 2.26. The van der Waals surface area contributed by atoms with Crippen LogP contribution in [-0.2, 0) is 11.3 Å². The number of rotatable bonds is 4. The molecule has 0 aliphatic heterocycles. The molecule has 0 fully saturated rings. The minimum absolute atomic E-state index is 0.146. The van der Waals surface area contributed by atoms with E-state index in [2.05, 4.69) is 37.2 Å². The molecule has 20 heavy (non-hydrogen) atoms. The maximum Gasteiger partial charge on any atom is 0.255 e. The van der Waals surface area contributed by atoms with Crippen LogP contribution in [0, 0.1) is 0 Å². The Morgan fingerprint density at radius 1 is 1.15 bits per heavy atom. The molecule has 0 atom stereocenters. The second kappa shape index (κ2) is 7.02. The van der Waals surface area contributed by atoms with E-state index >= 15 is 0 Å².